The molecule has 0 bridgehead atoms. The van der Waals surface area contributed by atoms with Gasteiger partial charge < -0.3 is 14.8 Å². The summed E-state index contributed by atoms with van der Waals surface area (Å²) < 4.78 is 2.34. The lowest BCUT2D eigenvalue weighted by Gasteiger charge is -2.19. The second-order valence-corrected chi connectivity index (χ2v) is 9.37. The normalized spacial score (nSPS) is 14.1. The Bertz CT molecular complexity index is 1060. The maximum absolute atomic E-state index is 6.65. The Balaban J connectivity index is 1.76. The molecule has 0 unspecified atom stereocenters. The van der Waals surface area contributed by atoms with Crippen LogP contribution in [0.15, 0.2) is 24.4 Å². The monoisotopic (exact) mass is 453 g/mol. The van der Waals surface area contributed by atoms with E-state index in [-0.39, 0.29) is 0 Å². The number of anilines is 3. The summed E-state index contributed by atoms with van der Waals surface area (Å²) in [7, 11) is 0. The predicted octanol–water partition coefficient (Wildman–Crippen LogP) is 7.44. The summed E-state index contributed by atoms with van der Waals surface area (Å²) in [5, 5.41) is 4.31. The van der Waals surface area contributed by atoms with E-state index in [1.165, 1.54) is 29.5 Å². The summed E-state index contributed by atoms with van der Waals surface area (Å²) in [6.45, 7) is 12.0. The molecular weight excluding hydrogens is 418 g/mol. The van der Waals surface area contributed by atoms with E-state index >= 15 is 0 Å². The molecule has 5 nitrogen and oxygen atoms in total. The molecular formula is C26H36ClN5. The zero-order chi connectivity index (χ0) is 22.7. The lowest BCUT2D eigenvalue weighted by molar-refractivity contribution is 0.626. The van der Waals surface area contributed by atoms with Crippen molar-refractivity contribution in [1.29, 1.82) is 0 Å². The van der Waals surface area contributed by atoms with Crippen molar-refractivity contribution in [3.8, 4) is 0 Å². The number of hydrogen-bond acceptors (Lipinski definition) is 4. The molecule has 3 heterocycles. The van der Waals surface area contributed by atoms with Crippen LogP contribution < -0.4 is 10.2 Å². The Morgan fingerprint density at radius 1 is 1.12 bits per heavy atom. The minimum atomic E-state index is 0.503. The van der Waals surface area contributed by atoms with Gasteiger partial charge in [-0.25, -0.2) is 9.97 Å². The lowest BCUT2D eigenvalue weighted by Crippen LogP contribution is -2.19. The van der Waals surface area contributed by atoms with E-state index in [1.807, 2.05) is 12.3 Å². The van der Waals surface area contributed by atoms with E-state index in [2.05, 4.69) is 54.6 Å². The first-order valence-electron chi connectivity index (χ1n) is 12.2. The van der Waals surface area contributed by atoms with Crippen LogP contribution in [0.25, 0.3) is 11.0 Å². The van der Waals surface area contributed by atoms with Crippen molar-refractivity contribution in [3.63, 3.8) is 0 Å². The van der Waals surface area contributed by atoms with Gasteiger partial charge >= 0.3 is 0 Å². The van der Waals surface area contributed by atoms with Crippen molar-refractivity contribution in [2.75, 3.05) is 23.3 Å². The van der Waals surface area contributed by atoms with Gasteiger partial charge in [-0.1, -0.05) is 44.9 Å². The van der Waals surface area contributed by atoms with Gasteiger partial charge in [-0.15, -0.1) is 0 Å². The van der Waals surface area contributed by atoms with Crippen molar-refractivity contribution < 1.29 is 0 Å². The molecule has 0 amide bonds. The van der Waals surface area contributed by atoms with Crippen molar-refractivity contribution in [2.45, 2.75) is 78.7 Å². The lowest BCUT2D eigenvalue weighted by atomic mass is 9.93. The van der Waals surface area contributed by atoms with E-state index in [4.69, 9.17) is 21.6 Å². The zero-order valence-electron chi connectivity index (χ0n) is 19.9. The quantitative estimate of drug-likeness (QED) is 0.365. The third-order valence-corrected chi connectivity index (χ3v) is 7.12. The first-order valence-corrected chi connectivity index (χ1v) is 12.6. The number of benzene rings is 1. The average molecular weight is 454 g/mol. The molecule has 6 heteroatoms. The maximum atomic E-state index is 6.65. The molecule has 1 aromatic carbocycles. The largest absolute Gasteiger partial charge is 0.357 e. The van der Waals surface area contributed by atoms with Crippen molar-refractivity contribution in [1.82, 2.24) is 14.5 Å². The smallest absolute Gasteiger partial charge is 0.208 e. The Morgan fingerprint density at radius 3 is 2.53 bits per heavy atom. The topological polar surface area (TPSA) is 46.0 Å². The molecule has 1 saturated heterocycles. The molecule has 32 heavy (non-hydrogen) atoms. The molecule has 172 valence electrons. The molecule has 0 atom stereocenters. The Hall–Kier alpha value is -2.27. The predicted molar refractivity (Wildman–Crippen MR) is 137 cm³/mol. The fraction of sp³-hybridized carbons (Fsp3) is 0.538. The van der Waals surface area contributed by atoms with Crippen LogP contribution >= 0.6 is 11.6 Å². The van der Waals surface area contributed by atoms with Crippen LogP contribution in [0.5, 0.6) is 0 Å². The number of fused-ring (bicyclic) bond motifs is 1. The SMILES string of the molecule is CCCCn1c(Nc2cnc(N3CCCC3)cc2C)nc2c(Cl)ccc(C(CC)CC)c21. The van der Waals surface area contributed by atoms with Gasteiger partial charge in [-0.05, 0) is 68.2 Å². The number of rotatable bonds is 9. The van der Waals surface area contributed by atoms with Crippen molar-refractivity contribution in [2.24, 2.45) is 0 Å². The first-order chi connectivity index (χ1) is 15.6. The molecule has 3 aromatic rings. The summed E-state index contributed by atoms with van der Waals surface area (Å²) in [5.41, 5.74) is 5.62. The zero-order valence-corrected chi connectivity index (χ0v) is 20.7. The summed E-state index contributed by atoms with van der Waals surface area (Å²) in [5.74, 6) is 2.43. The van der Waals surface area contributed by atoms with Crippen LogP contribution in [-0.4, -0.2) is 27.6 Å². The van der Waals surface area contributed by atoms with Crippen molar-refractivity contribution >= 4 is 40.1 Å². The van der Waals surface area contributed by atoms with E-state index in [0.29, 0.717) is 10.9 Å². The molecule has 1 fully saturated rings. The number of nitrogens with zero attached hydrogens (tertiary/aromatic N) is 4. The summed E-state index contributed by atoms with van der Waals surface area (Å²) in [6.07, 6.45) is 8.90. The molecule has 0 radical (unpaired) electrons. The van der Waals surface area contributed by atoms with E-state index in [9.17, 15) is 0 Å². The molecule has 0 spiro atoms. The maximum Gasteiger partial charge on any atom is 0.208 e. The van der Waals surface area contributed by atoms with E-state index < -0.39 is 0 Å². The first kappa shape index (κ1) is 22.9. The minimum Gasteiger partial charge on any atom is -0.357 e. The highest BCUT2D eigenvalue weighted by Gasteiger charge is 2.21. The third-order valence-electron chi connectivity index (χ3n) is 6.81. The molecule has 4 rings (SSSR count). The second-order valence-electron chi connectivity index (χ2n) is 8.96. The van der Waals surface area contributed by atoms with Gasteiger partial charge in [-0.3, -0.25) is 0 Å². The van der Waals surface area contributed by atoms with Gasteiger partial charge in [0.1, 0.15) is 11.3 Å². The average Bonchev–Trinajstić information content (AvgIpc) is 3.45. The van der Waals surface area contributed by atoms with Crippen LogP contribution in [0.1, 0.15) is 76.3 Å². The Labute approximate surface area is 197 Å². The molecule has 2 aromatic heterocycles. The number of halogens is 1. The Kier molecular flexibility index (Phi) is 7.24. The standard InChI is InChI=1S/C26H36ClN5/c1-5-8-15-32-25-20(19(6-2)7-3)11-12-21(27)24(25)30-26(32)29-22-17-28-23(16-18(22)4)31-13-9-10-14-31/h11-12,16-17,19H,5-10,13-15H2,1-4H3,(H,29,30). The van der Waals surface area contributed by atoms with Gasteiger partial charge in [0.2, 0.25) is 5.95 Å². The van der Waals surface area contributed by atoms with Crippen LogP contribution in [0.4, 0.5) is 17.5 Å². The number of hydrogen-bond donors (Lipinski definition) is 1. The highest BCUT2D eigenvalue weighted by molar-refractivity contribution is 6.35. The summed E-state index contributed by atoms with van der Waals surface area (Å²) in [6, 6.07) is 6.40. The molecule has 1 aliphatic heterocycles. The number of aromatic nitrogens is 3. The minimum absolute atomic E-state index is 0.503. The molecule has 1 N–H and O–H groups in total. The fourth-order valence-corrected chi connectivity index (χ4v) is 5.03. The van der Waals surface area contributed by atoms with Gasteiger partial charge in [-0.2, -0.15) is 0 Å². The van der Waals surface area contributed by atoms with E-state index in [1.54, 1.807) is 0 Å². The summed E-state index contributed by atoms with van der Waals surface area (Å²) >= 11 is 6.65. The Morgan fingerprint density at radius 2 is 1.88 bits per heavy atom. The number of unbranched alkanes of at least 4 members (excludes halogenated alkanes) is 1. The van der Waals surface area contributed by atoms with Crippen LogP contribution in [0.2, 0.25) is 5.02 Å². The van der Waals surface area contributed by atoms with Crippen LogP contribution in [-0.2, 0) is 6.54 Å². The van der Waals surface area contributed by atoms with Gasteiger partial charge in [0.15, 0.2) is 0 Å². The molecule has 1 aliphatic rings. The van der Waals surface area contributed by atoms with Crippen molar-refractivity contribution in [3.05, 3.63) is 40.5 Å². The number of nitrogens with one attached hydrogen (secondary N) is 1. The molecule has 0 aliphatic carbocycles. The number of pyridine rings is 1. The second kappa shape index (κ2) is 10.1. The van der Waals surface area contributed by atoms with Crippen LogP contribution in [0.3, 0.4) is 0 Å². The third kappa shape index (κ3) is 4.45. The van der Waals surface area contributed by atoms with Gasteiger partial charge in [0, 0.05) is 19.6 Å². The highest BCUT2D eigenvalue weighted by atomic mass is 35.5. The van der Waals surface area contributed by atoms with Crippen LogP contribution in [0, 0.1) is 6.92 Å². The van der Waals surface area contributed by atoms with Gasteiger partial charge in [0.05, 0.1) is 22.4 Å². The fourth-order valence-electron chi connectivity index (χ4n) is 4.83. The molecule has 0 saturated carbocycles. The highest BCUT2D eigenvalue weighted by Crippen LogP contribution is 2.37. The van der Waals surface area contributed by atoms with Gasteiger partial charge in [0.25, 0.3) is 0 Å². The number of aryl methyl sites for hydroxylation is 2. The van der Waals surface area contributed by atoms with E-state index in [0.717, 1.165) is 68.3 Å². The summed E-state index contributed by atoms with van der Waals surface area (Å²) in [4.78, 5) is 12.1. The number of imidazole rings is 1.